The molecule has 0 radical (unpaired) electrons. The molecule has 0 amide bonds. The normalized spacial score (nSPS) is 30.0. The molecular weight excluding hydrogens is 428 g/mol. The second-order valence-electron chi connectivity index (χ2n) is 10.8. The smallest absolute Gasteiger partial charge is 0.220 e. The molecule has 0 aromatic carbocycles. The van der Waals surface area contributed by atoms with Gasteiger partial charge in [-0.05, 0) is 61.5 Å². The topological polar surface area (TPSA) is 144 Å². The summed E-state index contributed by atoms with van der Waals surface area (Å²) in [4.78, 5) is 17.1. The number of nitrogens with two attached hydrogens (primary N) is 2. The minimum absolute atomic E-state index is 0.140. The summed E-state index contributed by atoms with van der Waals surface area (Å²) < 4.78 is 0. The Bertz CT molecular complexity index is 1020. The average Bonchev–Trinajstić information content (AvgIpc) is 3.49. The third-order valence-electron chi connectivity index (χ3n) is 8.73. The lowest BCUT2D eigenvalue weighted by molar-refractivity contribution is 0.0559. The molecule has 0 saturated heterocycles. The van der Waals surface area contributed by atoms with Crippen LogP contribution in [0.25, 0.3) is 0 Å². The maximum absolute atomic E-state index is 10.5. The summed E-state index contributed by atoms with van der Waals surface area (Å²) in [7, 11) is 0. The first kappa shape index (κ1) is 23.2. The molecule has 34 heavy (non-hydrogen) atoms. The Labute approximate surface area is 200 Å². The van der Waals surface area contributed by atoms with Crippen molar-refractivity contribution in [3.63, 3.8) is 0 Å². The molecule has 8 heteroatoms. The van der Waals surface area contributed by atoms with Gasteiger partial charge in [0.2, 0.25) is 11.9 Å². The molecular formula is C26H36N6O2. The van der Waals surface area contributed by atoms with E-state index in [0.29, 0.717) is 23.7 Å². The van der Waals surface area contributed by atoms with Crippen molar-refractivity contribution in [2.45, 2.75) is 100 Å². The highest BCUT2D eigenvalue weighted by Gasteiger charge is 2.49. The Kier molecular flexibility index (Phi) is 5.84. The summed E-state index contributed by atoms with van der Waals surface area (Å²) >= 11 is 0. The van der Waals surface area contributed by atoms with Gasteiger partial charge in [0.25, 0.3) is 0 Å². The molecule has 6 N–H and O–H groups in total. The van der Waals surface area contributed by atoms with Crippen molar-refractivity contribution in [3.05, 3.63) is 47.1 Å². The molecule has 2 heterocycles. The van der Waals surface area contributed by atoms with E-state index in [-0.39, 0.29) is 23.0 Å². The van der Waals surface area contributed by atoms with Crippen LogP contribution in [-0.4, -0.2) is 42.4 Å². The lowest BCUT2D eigenvalue weighted by Crippen LogP contribution is -2.43. The molecule has 4 unspecified atom stereocenters. The molecule has 2 aromatic rings. The molecule has 4 aliphatic rings. The third-order valence-corrected chi connectivity index (χ3v) is 8.73. The van der Waals surface area contributed by atoms with E-state index in [1.54, 1.807) is 0 Å². The number of nitrogen functional groups attached to an aromatic ring is 2. The molecule has 0 bridgehead atoms. The lowest BCUT2D eigenvalue weighted by atomic mass is 9.66. The van der Waals surface area contributed by atoms with Gasteiger partial charge in [-0.2, -0.15) is 0 Å². The van der Waals surface area contributed by atoms with Gasteiger partial charge in [-0.25, -0.2) is 19.9 Å². The van der Waals surface area contributed by atoms with Crippen molar-refractivity contribution in [2.24, 2.45) is 0 Å². The first-order valence-corrected chi connectivity index (χ1v) is 12.5. The summed E-state index contributed by atoms with van der Waals surface area (Å²) in [6, 6.07) is 0. The van der Waals surface area contributed by atoms with Crippen LogP contribution in [0.3, 0.4) is 0 Å². The van der Waals surface area contributed by atoms with Crippen LogP contribution in [0.2, 0.25) is 0 Å². The number of rotatable bonds is 0. The fourth-order valence-corrected chi connectivity index (χ4v) is 6.73. The van der Waals surface area contributed by atoms with Gasteiger partial charge in [0.15, 0.2) is 0 Å². The van der Waals surface area contributed by atoms with E-state index in [1.165, 1.54) is 18.4 Å². The summed E-state index contributed by atoms with van der Waals surface area (Å²) in [6.45, 7) is 4.24. The Morgan fingerprint density at radius 1 is 0.765 bits per heavy atom. The molecule has 6 rings (SSSR count). The van der Waals surface area contributed by atoms with E-state index in [0.717, 1.165) is 55.5 Å². The van der Waals surface area contributed by atoms with Crippen LogP contribution in [0.15, 0.2) is 24.5 Å². The summed E-state index contributed by atoms with van der Waals surface area (Å²) in [6.07, 6.45) is 15.0. The number of allylic oxidation sites excluding steroid dienone is 2. The zero-order valence-corrected chi connectivity index (χ0v) is 20.1. The maximum Gasteiger partial charge on any atom is 0.220 e. The van der Waals surface area contributed by atoms with Gasteiger partial charge in [-0.3, -0.25) is 0 Å². The van der Waals surface area contributed by atoms with Crippen LogP contribution in [0.1, 0.15) is 99.6 Å². The number of aliphatic hydroxyl groups excluding tert-OH is 2. The van der Waals surface area contributed by atoms with Crippen LogP contribution in [0, 0.1) is 0 Å². The summed E-state index contributed by atoms with van der Waals surface area (Å²) in [5.74, 6) is 1.26. The van der Waals surface area contributed by atoms with Gasteiger partial charge in [0, 0.05) is 23.2 Å². The van der Waals surface area contributed by atoms with E-state index in [1.807, 2.05) is 12.4 Å². The third kappa shape index (κ3) is 3.58. The highest BCUT2D eigenvalue weighted by atomic mass is 16.3. The highest BCUT2D eigenvalue weighted by Crippen LogP contribution is 2.51. The zero-order valence-electron chi connectivity index (χ0n) is 20.1. The number of hydrogen-bond donors (Lipinski definition) is 4. The van der Waals surface area contributed by atoms with Crippen LogP contribution >= 0.6 is 0 Å². The average molecular weight is 465 g/mol. The quantitative estimate of drug-likeness (QED) is 0.435. The molecule has 8 nitrogen and oxygen atoms in total. The second-order valence-corrected chi connectivity index (χ2v) is 10.8. The fraction of sp³-hybridized carbons (Fsp3) is 0.615. The lowest BCUT2D eigenvalue weighted by Gasteiger charge is -2.41. The van der Waals surface area contributed by atoms with Crippen LogP contribution in [0.4, 0.5) is 11.9 Å². The van der Waals surface area contributed by atoms with Crippen molar-refractivity contribution < 1.29 is 10.2 Å². The van der Waals surface area contributed by atoms with E-state index in [4.69, 9.17) is 11.5 Å². The number of anilines is 2. The summed E-state index contributed by atoms with van der Waals surface area (Å²) in [5, 5.41) is 20.9. The molecule has 1 saturated carbocycles. The first-order valence-electron chi connectivity index (χ1n) is 12.5. The molecule has 0 aliphatic heterocycles. The number of nitrogens with zero attached hydrogens (tertiary/aromatic N) is 4. The van der Waals surface area contributed by atoms with Crippen molar-refractivity contribution in [1.82, 2.24) is 19.9 Å². The van der Waals surface area contributed by atoms with Gasteiger partial charge in [0.1, 0.15) is 0 Å². The Balaban J connectivity index is 0.000000142. The molecule has 4 atom stereocenters. The van der Waals surface area contributed by atoms with Crippen molar-refractivity contribution >= 4 is 11.9 Å². The minimum atomic E-state index is -0.339. The highest BCUT2D eigenvalue weighted by molar-refractivity contribution is 5.41. The Morgan fingerprint density at radius 3 is 1.71 bits per heavy atom. The zero-order chi connectivity index (χ0) is 24.1. The minimum Gasteiger partial charge on any atom is -0.392 e. The molecule has 182 valence electrons. The summed E-state index contributed by atoms with van der Waals surface area (Å²) in [5.41, 5.74) is 15.3. The predicted octanol–water partition coefficient (Wildman–Crippen LogP) is 3.25. The van der Waals surface area contributed by atoms with Crippen LogP contribution in [0.5, 0.6) is 0 Å². The maximum atomic E-state index is 10.5. The molecule has 2 spiro atoms. The Morgan fingerprint density at radius 2 is 1.21 bits per heavy atom. The van der Waals surface area contributed by atoms with Crippen molar-refractivity contribution in [2.75, 3.05) is 11.5 Å². The van der Waals surface area contributed by atoms with Crippen LogP contribution in [-0.2, 0) is 10.8 Å². The monoisotopic (exact) mass is 464 g/mol. The van der Waals surface area contributed by atoms with Gasteiger partial charge < -0.3 is 21.7 Å². The molecule has 2 aromatic heterocycles. The Hall–Kier alpha value is -2.58. The predicted molar refractivity (Wildman–Crippen MR) is 131 cm³/mol. The van der Waals surface area contributed by atoms with Gasteiger partial charge in [0.05, 0.1) is 23.6 Å². The number of aliphatic hydroxyl groups is 2. The SMILES string of the molecule is CC1CC(O)C2(CC=CC2)c2nc(N)ncc21.CC1CC(O)C2(CCCC2)c2nc(N)ncc21. The largest absolute Gasteiger partial charge is 0.392 e. The fourth-order valence-electron chi connectivity index (χ4n) is 6.73. The number of aromatic nitrogens is 4. The standard InChI is InChI=1S/C13H19N3O.C13H17N3O/c2*1-8-6-10(17)13(4-2-3-5-13)11-9(8)7-15-12(14)16-11/h7-8,10,17H,2-6H2,1H3,(H2,14,15,16);2-3,7-8,10,17H,4-6H2,1H3,(H2,14,15,16). The van der Waals surface area contributed by atoms with Gasteiger partial charge in [-0.1, -0.05) is 38.8 Å². The van der Waals surface area contributed by atoms with Crippen molar-refractivity contribution in [3.8, 4) is 0 Å². The number of hydrogen-bond acceptors (Lipinski definition) is 8. The second kappa shape index (κ2) is 8.57. The number of fused-ring (bicyclic) bond motifs is 4. The van der Waals surface area contributed by atoms with E-state index < -0.39 is 0 Å². The molecule has 1 fully saturated rings. The van der Waals surface area contributed by atoms with Crippen molar-refractivity contribution in [1.29, 1.82) is 0 Å². The molecule has 4 aliphatic carbocycles. The van der Waals surface area contributed by atoms with Gasteiger partial charge in [-0.15, -0.1) is 0 Å². The van der Waals surface area contributed by atoms with E-state index >= 15 is 0 Å². The first-order chi connectivity index (χ1) is 16.3. The van der Waals surface area contributed by atoms with E-state index in [2.05, 4.69) is 45.9 Å². The van der Waals surface area contributed by atoms with Crippen LogP contribution < -0.4 is 11.5 Å². The van der Waals surface area contributed by atoms with E-state index in [9.17, 15) is 10.2 Å². The van der Waals surface area contributed by atoms with Gasteiger partial charge >= 0.3 is 0 Å².